The van der Waals surface area contributed by atoms with Crippen molar-refractivity contribution in [3.63, 3.8) is 0 Å². The SMILES string of the molecule is O=c1[nH]c2cc(F)ccc2cc1CN1CC[C@@H](O)[C@H]1c1cccc(F)c1. The first-order valence-corrected chi connectivity index (χ1v) is 8.50. The molecule has 0 unspecified atom stereocenters. The second kappa shape index (κ2) is 6.63. The van der Waals surface area contributed by atoms with Gasteiger partial charge in [0.25, 0.3) is 5.56 Å². The molecule has 0 radical (unpaired) electrons. The molecule has 1 aromatic heterocycles. The summed E-state index contributed by atoms with van der Waals surface area (Å²) in [6.45, 7) is 0.921. The molecule has 1 fully saturated rings. The highest BCUT2D eigenvalue weighted by molar-refractivity contribution is 5.78. The Bertz CT molecular complexity index is 1020. The lowest BCUT2D eigenvalue weighted by Gasteiger charge is -2.26. The standard InChI is InChI=1S/C20H18F2N2O2/c21-15-3-1-2-13(9-15)19-18(25)6-7-24(19)11-14-8-12-4-5-16(22)10-17(12)23-20(14)26/h1-5,8-10,18-19,25H,6-7,11H2,(H,23,26)/t18-,19-/m1/s1. The minimum atomic E-state index is -0.620. The highest BCUT2D eigenvalue weighted by Gasteiger charge is 2.34. The lowest BCUT2D eigenvalue weighted by Crippen LogP contribution is -2.29. The fourth-order valence-corrected chi connectivity index (χ4v) is 3.69. The molecular weight excluding hydrogens is 338 g/mol. The zero-order chi connectivity index (χ0) is 18.3. The Kier molecular flexibility index (Phi) is 4.30. The highest BCUT2D eigenvalue weighted by Crippen LogP contribution is 2.33. The zero-order valence-electron chi connectivity index (χ0n) is 14.0. The molecule has 4 rings (SSSR count). The number of hydrogen-bond acceptors (Lipinski definition) is 3. The molecule has 4 nitrogen and oxygen atoms in total. The van der Waals surface area contributed by atoms with Crippen LogP contribution in [0.15, 0.2) is 53.3 Å². The maximum absolute atomic E-state index is 13.6. The molecule has 134 valence electrons. The molecule has 1 saturated heterocycles. The smallest absolute Gasteiger partial charge is 0.252 e. The van der Waals surface area contributed by atoms with Gasteiger partial charge in [0.2, 0.25) is 0 Å². The van der Waals surface area contributed by atoms with E-state index in [0.717, 1.165) is 5.39 Å². The molecule has 2 heterocycles. The summed E-state index contributed by atoms with van der Waals surface area (Å²) in [5, 5.41) is 11.1. The molecule has 3 aromatic rings. The minimum absolute atomic E-state index is 0.289. The van der Waals surface area contributed by atoms with Crippen LogP contribution in [0, 0.1) is 11.6 Å². The number of benzene rings is 2. The van der Waals surface area contributed by atoms with E-state index in [9.17, 15) is 18.7 Å². The Morgan fingerprint density at radius 1 is 1.12 bits per heavy atom. The molecule has 0 saturated carbocycles. The number of aliphatic hydroxyl groups excluding tert-OH is 1. The summed E-state index contributed by atoms with van der Waals surface area (Å²) in [6, 6.07) is 11.8. The van der Waals surface area contributed by atoms with Gasteiger partial charge < -0.3 is 10.1 Å². The molecule has 6 heteroatoms. The lowest BCUT2D eigenvalue weighted by atomic mass is 10.0. The van der Waals surface area contributed by atoms with Crippen LogP contribution in [0.3, 0.4) is 0 Å². The van der Waals surface area contributed by atoms with E-state index in [0.29, 0.717) is 36.2 Å². The second-order valence-corrected chi connectivity index (χ2v) is 6.68. The number of aromatic amines is 1. The number of nitrogens with one attached hydrogen (secondary N) is 1. The van der Waals surface area contributed by atoms with Crippen molar-refractivity contribution in [3.05, 3.63) is 81.6 Å². The highest BCUT2D eigenvalue weighted by atomic mass is 19.1. The monoisotopic (exact) mass is 356 g/mol. The van der Waals surface area contributed by atoms with Gasteiger partial charge in [-0.15, -0.1) is 0 Å². The second-order valence-electron chi connectivity index (χ2n) is 6.68. The van der Waals surface area contributed by atoms with Crippen molar-refractivity contribution in [2.75, 3.05) is 6.54 Å². The largest absolute Gasteiger partial charge is 0.391 e. The van der Waals surface area contributed by atoms with Gasteiger partial charge in [0.05, 0.1) is 17.7 Å². The van der Waals surface area contributed by atoms with Gasteiger partial charge in [-0.2, -0.15) is 0 Å². The number of aromatic nitrogens is 1. The number of H-pyrrole nitrogens is 1. The third-order valence-electron chi connectivity index (χ3n) is 4.92. The topological polar surface area (TPSA) is 56.3 Å². The number of pyridine rings is 1. The predicted octanol–water partition coefficient (Wildman–Crippen LogP) is 3.11. The van der Waals surface area contributed by atoms with Crippen LogP contribution in [0.1, 0.15) is 23.6 Å². The fraction of sp³-hybridized carbons (Fsp3) is 0.250. The van der Waals surface area contributed by atoms with Crippen molar-refractivity contribution in [2.45, 2.75) is 25.1 Å². The quantitative estimate of drug-likeness (QED) is 0.758. The van der Waals surface area contributed by atoms with Crippen LogP contribution in [0.25, 0.3) is 10.9 Å². The molecule has 0 aliphatic carbocycles. The number of fused-ring (bicyclic) bond motifs is 1. The van der Waals surface area contributed by atoms with Gasteiger partial charge in [0.15, 0.2) is 0 Å². The van der Waals surface area contributed by atoms with Crippen LogP contribution >= 0.6 is 0 Å². The molecule has 2 atom stereocenters. The third-order valence-corrected chi connectivity index (χ3v) is 4.92. The summed E-state index contributed by atoms with van der Waals surface area (Å²) in [5.41, 5.74) is 1.37. The van der Waals surface area contributed by atoms with E-state index in [2.05, 4.69) is 4.98 Å². The number of rotatable bonds is 3. The number of halogens is 2. The van der Waals surface area contributed by atoms with Gasteiger partial charge in [0, 0.05) is 18.7 Å². The summed E-state index contributed by atoms with van der Waals surface area (Å²) in [6.07, 6.45) is -0.0665. The number of likely N-dealkylation sites (tertiary alicyclic amines) is 1. The Balaban J connectivity index is 1.67. The van der Waals surface area contributed by atoms with E-state index >= 15 is 0 Å². The van der Waals surface area contributed by atoms with Crippen LogP contribution in [0.4, 0.5) is 8.78 Å². The summed E-state index contributed by atoms with van der Waals surface area (Å²) in [7, 11) is 0. The summed E-state index contributed by atoms with van der Waals surface area (Å²) in [4.78, 5) is 17.1. The third kappa shape index (κ3) is 3.13. The van der Waals surface area contributed by atoms with Crippen molar-refractivity contribution < 1.29 is 13.9 Å². The minimum Gasteiger partial charge on any atom is -0.391 e. The van der Waals surface area contributed by atoms with Crippen molar-refractivity contribution >= 4 is 10.9 Å². The predicted molar refractivity (Wildman–Crippen MR) is 94.7 cm³/mol. The van der Waals surface area contributed by atoms with E-state index < -0.39 is 11.9 Å². The first-order valence-electron chi connectivity index (χ1n) is 8.50. The van der Waals surface area contributed by atoms with Gasteiger partial charge in [-0.25, -0.2) is 8.78 Å². The summed E-state index contributed by atoms with van der Waals surface area (Å²) in [5.74, 6) is -0.762. The van der Waals surface area contributed by atoms with Gasteiger partial charge in [-0.05, 0) is 53.8 Å². The maximum atomic E-state index is 13.6. The van der Waals surface area contributed by atoms with Crippen LogP contribution in [-0.2, 0) is 6.54 Å². The van der Waals surface area contributed by atoms with E-state index in [1.165, 1.54) is 24.3 Å². The first kappa shape index (κ1) is 16.9. The van der Waals surface area contributed by atoms with E-state index in [1.54, 1.807) is 24.3 Å². The fourth-order valence-electron chi connectivity index (χ4n) is 3.69. The maximum Gasteiger partial charge on any atom is 0.252 e. The van der Waals surface area contributed by atoms with Crippen molar-refractivity contribution in [1.82, 2.24) is 9.88 Å². The van der Waals surface area contributed by atoms with Crippen LogP contribution < -0.4 is 5.56 Å². The van der Waals surface area contributed by atoms with E-state index in [4.69, 9.17) is 0 Å². The first-order chi connectivity index (χ1) is 12.5. The number of hydrogen-bond donors (Lipinski definition) is 2. The molecular formula is C20H18F2N2O2. The zero-order valence-corrected chi connectivity index (χ0v) is 14.0. The number of nitrogens with zero attached hydrogens (tertiary/aromatic N) is 1. The summed E-state index contributed by atoms with van der Waals surface area (Å²) < 4.78 is 26.9. The average molecular weight is 356 g/mol. The average Bonchev–Trinajstić information content (AvgIpc) is 2.96. The molecule has 0 bridgehead atoms. The lowest BCUT2D eigenvalue weighted by molar-refractivity contribution is 0.112. The Hall–Kier alpha value is -2.57. The Labute approximate surface area is 148 Å². The van der Waals surface area contributed by atoms with Crippen LogP contribution in [0.2, 0.25) is 0 Å². The van der Waals surface area contributed by atoms with E-state index in [1.807, 2.05) is 4.90 Å². The molecule has 0 amide bonds. The Morgan fingerprint density at radius 3 is 2.73 bits per heavy atom. The summed E-state index contributed by atoms with van der Waals surface area (Å²) >= 11 is 0. The van der Waals surface area contributed by atoms with Crippen molar-refractivity contribution in [2.24, 2.45) is 0 Å². The molecule has 26 heavy (non-hydrogen) atoms. The van der Waals surface area contributed by atoms with Crippen molar-refractivity contribution in [1.29, 1.82) is 0 Å². The molecule has 1 aliphatic heterocycles. The van der Waals surface area contributed by atoms with Gasteiger partial charge in [0.1, 0.15) is 11.6 Å². The van der Waals surface area contributed by atoms with Crippen LogP contribution in [-0.4, -0.2) is 27.6 Å². The molecule has 2 aromatic carbocycles. The molecule has 2 N–H and O–H groups in total. The van der Waals surface area contributed by atoms with Crippen LogP contribution in [0.5, 0.6) is 0 Å². The molecule has 0 spiro atoms. The van der Waals surface area contributed by atoms with Gasteiger partial charge in [-0.1, -0.05) is 12.1 Å². The number of aliphatic hydroxyl groups is 1. The molecule has 1 aliphatic rings. The van der Waals surface area contributed by atoms with Gasteiger partial charge >= 0.3 is 0 Å². The van der Waals surface area contributed by atoms with Crippen molar-refractivity contribution in [3.8, 4) is 0 Å². The van der Waals surface area contributed by atoms with Gasteiger partial charge in [-0.3, -0.25) is 9.69 Å². The normalized spacial score (nSPS) is 20.7. The Morgan fingerprint density at radius 2 is 1.92 bits per heavy atom. The van der Waals surface area contributed by atoms with E-state index in [-0.39, 0.29) is 17.4 Å².